The molecule has 0 amide bonds. The lowest BCUT2D eigenvalue weighted by Gasteiger charge is -2.06. The summed E-state index contributed by atoms with van der Waals surface area (Å²) in [6.07, 6.45) is 2.12. The van der Waals surface area contributed by atoms with Crippen molar-refractivity contribution in [1.29, 1.82) is 0 Å². The summed E-state index contributed by atoms with van der Waals surface area (Å²) in [6.45, 7) is 2.16. The first-order chi connectivity index (χ1) is 8.95. The van der Waals surface area contributed by atoms with E-state index < -0.39 is 5.69 Å². The highest BCUT2D eigenvalue weighted by Crippen LogP contribution is 2.21. The summed E-state index contributed by atoms with van der Waals surface area (Å²) < 4.78 is 3.96. The Bertz CT molecular complexity index is 729. The highest BCUT2D eigenvalue weighted by Gasteiger charge is 2.15. The van der Waals surface area contributed by atoms with E-state index in [2.05, 4.69) is 41.9 Å². The lowest BCUT2D eigenvalue weighted by Crippen LogP contribution is -2.35. The Labute approximate surface area is 125 Å². The van der Waals surface area contributed by atoms with Gasteiger partial charge in [-0.15, -0.1) is 0 Å². The van der Waals surface area contributed by atoms with Gasteiger partial charge in [0, 0.05) is 13.2 Å². The SMILES string of the molecule is CCc1nn(C)c(Cn2c(=O)[nH]cc(Br)c2=O)c1Br. The molecule has 2 aromatic heterocycles. The maximum atomic E-state index is 11.9. The quantitative estimate of drug-likeness (QED) is 0.859. The predicted molar refractivity (Wildman–Crippen MR) is 78.4 cm³/mol. The number of hydrogen-bond donors (Lipinski definition) is 1. The van der Waals surface area contributed by atoms with Crippen LogP contribution >= 0.6 is 31.9 Å². The molecule has 0 unspecified atom stereocenters. The largest absolute Gasteiger partial charge is 0.328 e. The maximum Gasteiger partial charge on any atom is 0.328 e. The predicted octanol–water partition coefficient (Wildman–Crippen LogP) is 1.41. The van der Waals surface area contributed by atoms with E-state index in [0.29, 0.717) is 4.47 Å². The molecule has 2 heterocycles. The molecule has 2 aromatic rings. The number of aromatic nitrogens is 4. The topological polar surface area (TPSA) is 72.7 Å². The first-order valence-corrected chi connectivity index (χ1v) is 7.22. The Morgan fingerprint density at radius 3 is 2.63 bits per heavy atom. The molecule has 0 aliphatic rings. The molecule has 0 atom stereocenters. The zero-order valence-electron chi connectivity index (χ0n) is 10.4. The number of hydrogen-bond acceptors (Lipinski definition) is 3. The molecule has 0 fully saturated rings. The summed E-state index contributed by atoms with van der Waals surface area (Å²) in [5, 5.41) is 4.34. The molecule has 8 heteroatoms. The third kappa shape index (κ3) is 2.59. The standard InChI is InChI=1S/C11H12Br2N4O2/c1-3-7-9(13)8(16(2)15-7)5-17-10(18)6(12)4-14-11(17)19/h4H,3,5H2,1-2H3,(H,14,19). The van der Waals surface area contributed by atoms with Crippen molar-refractivity contribution >= 4 is 31.9 Å². The van der Waals surface area contributed by atoms with Gasteiger partial charge in [0.05, 0.1) is 26.9 Å². The van der Waals surface area contributed by atoms with Crippen LogP contribution in [0, 0.1) is 0 Å². The van der Waals surface area contributed by atoms with Crippen molar-refractivity contribution in [2.24, 2.45) is 7.05 Å². The third-order valence-corrected chi connectivity index (χ3v) is 4.31. The van der Waals surface area contributed by atoms with Gasteiger partial charge in [-0.2, -0.15) is 5.10 Å². The van der Waals surface area contributed by atoms with Crippen molar-refractivity contribution in [3.8, 4) is 0 Å². The van der Waals surface area contributed by atoms with E-state index in [0.717, 1.165) is 26.8 Å². The second-order valence-electron chi connectivity index (χ2n) is 4.02. The van der Waals surface area contributed by atoms with Crippen LogP contribution in [0.25, 0.3) is 0 Å². The van der Waals surface area contributed by atoms with Crippen molar-refractivity contribution in [3.05, 3.63) is 47.4 Å². The zero-order chi connectivity index (χ0) is 14.2. The molecule has 0 aromatic carbocycles. The monoisotopic (exact) mass is 390 g/mol. The molecule has 0 aliphatic carbocycles. The van der Waals surface area contributed by atoms with Gasteiger partial charge < -0.3 is 4.98 Å². The fourth-order valence-electron chi connectivity index (χ4n) is 1.77. The van der Waals surface area contributed by atoms with Crippen molar-refractivity contribution in [2.45, 2.75) is 19.9 Å². The van der Waals surface area contributed by atoms with Gasteiger partial charge in [0.25, 0.3) is 5.56 Å². The van der Waals surface area contributed by atoms with E-state index in [1.165, 1.54) is 6.20 Å². The Balaban J connectivity index is 2.54. The van der Waals surface area contributed by atoms with Gasteiger partial charge in [0.15, 0.2) is 0 Å². The third-order valence-electron chi connectivity index (χ3n) is 2.83. The zero-order valence-corrected chi connectivity index (χ0v) is 13.6. The maximum absolute atomic E-state index is 11.9. The Morgan fingerprint density at radius 1 is 1.37 bits per heavy atom. The number of nitrogens with one attached hydrogen (secondary N) is 1. The van der Waals surface area contributed by atoms with E-state index in [4.69, 9.17) is 0 Å². The number of halogens is 2. The van der Waals surface area contributed by atoms with Crippen molar-refractivity contribution < 1.29 is 0 Å². The van der Waals surface area contributed by atoms with Crippen LogP contribution in [0.3, 0.4) is 0 Å². The average Bonchev–Trinajstić information content (AvgIpc) is 2.65. The van der Waals surface area contributed by atoms with Gasteiger partial charge in [-0.25, -0.2) is 4.79 Å². The second kappa shape index (κ2) is 5.46. The van der Waals surface area contributed by atoms with Crippen LogP contribution in [0.5, 0.6) is 0 Å². The van der Waals surface area contributed by atoms with Gasteiger partial charge in [0.1, 0.15) is 0 Å². The van der Waals surface area contributed by atoms with Crippen LogP contribution in [0.1, 0.15) is 18.3 Å². The average molecular weight is 392 g/mol. The molecule has 0 bridgehead atoms. The summed E-state index contributed by atoms with van der Waals surface area (Å²) in [4.78, 5) is 26.2. The first kappa shape index (κ1) is 14.3. The molecule has 1 N–H and O–H groups in total. The summed E-state index contributed by atoms with van der Waals surface area (Å²) in [5.74, 6) is 0. The Morgan fingerprint density at radius 2 is 2.05 bits per heavy atom. The summed E-state index contributed by atoms with van der Waals surface area (Å²) in [6, 6.07) is 0. The molecule has 2 rings (SSSR count). The highest BCUT2D eigenvalue weighted by molar-refractivity contribution is 9.10. The van der Waals surface area contributed by atoms with E-state index >= 15 is 0 Å². The van der Waals surface area contributed by atoms with E-state index in [1.54, 1.807) is 11.7 Å². The number of nitrogens with zero attached hydrogens (tertiary/aromatic N) is 3. The molecular formula is C11H12Br2N4O2. The molecule has 19 heavy (non-hydrogen) atoms. The van der Waals surface area contributed by atoms with Crippen molar-refractivity contribution in [1.82, 2.24) is 19.3 Å². The summed E-state index contributed by atoms with van der Waals surface area (Å²) in [7, 11) is 1.79. The van der Waals surface area contributed by atoms with Gasteiger partial charge in [-0.1, -0.05) is 6.92 Å². The molecule has 0 saturated carbocycles. The van der Waals surface area contributed by atoms with Gasteiger partial charge in [-0.05, 0) is 38.3 Å². The molecule has 6 nitrogen and oxygen atoms in total. The molecule has 0 spiro atoms. The van der Waals surface area contributed by atoms with Crippen LogP contribution in [0.2, 0.25) is 0 Å². The number of aryl methyl sites for hydroxylation is 2. The lowest BCUT2D eigenvalue weighted by atomic mass is 10.3. The molecule has 102 valence electrons. The van der Waals surface area contributed by atoms with Gasteiger partial charge in [-0.3, -0.25) is 14.0 Å². The lowest BCUT2D eigenvalue weighted by molar-refractivity contribution is 0.622. The van der Waals surface area contributed by atoms with Crippen molar-refractivity contribution in [3.63, 3.8) is 0 Å². The normalized spacial score (nSPS) is 10.9. The van der Waals surface area contributed by atoms with E-state index in [9.17, 15) is 9.59 Å². The summed E-state index contributed by atoms with van der Waals surface area (Å²) >= 11 is 6.58. The minimum Gasteiger partial charge on any atom is -0.313 e. The number of aromatic amines is 1. The van der Waals surface area contributed by atoms with Crippen molar-refractivity contribution in [2.75, 3.05) is 0 Å². The van der Waals surface area contributed by atoms with Crippen LogP contribution < -0.4 is 11.2 Å². The number of H-pyrrole nitrogens is 1. The van der Waals surface area contributed by atoms with Gasteiger partial charge in [0.2, 0.25) is 0 Å². The fourth-order valence-corrected chi connectivity index (χ4v) is 2.84. The van der Waals surface area contributed by atoms with Crippen LogP contribution in [0.15, 0.2) is 24.7 Å². The minimum atomic E-state index is -0.445. The first-order valence-electron chi connectivity index (χ1n) is 5.64. The fraction of sp³-hybridized carbons (Fsp3) is 0.364. The van der Waals surface area contributed by atoms with Crippen LogP contribution in [0.4, 0.5) is 0 Å². The highest BCUT2D eigenvalue weighted by atomic mass is 79.9. The Hall–Kier alpha value is -1.15. The second-order valence-corrected chi connectivity index (χ2v) is 5.66. The smallest absolute Gasteiger partial charge is 0.313 e. The molecule has 0 saturated heterocycles. The van der Waals surface area contributed by atoms with Crippen LogP contribution in [-0.4, -0.2) is 19.3 Å². The van der Waals surface area contributed by atoms with E-state index in [1.807, 2.05) is 6.92 Å². The van der Waals surface area contributed by atoms with Crippen LogP contribution in [-0.2, 0) is 20.0 Å². The van der Waals surface area contributed by atoms with Gasteiger partial charge >= 0.3 is 5.69 Å². The number of rotatable bonds is 3. The molecule has 0 radical (unpaired) electrons. The van der Waals surface area contributed by atoms with E-state index in [-0.39, 0.29) is 12.1 Å². The molecular weight excluding hydrogens is 380 g/mol. The minimum absolute atomic E-state index is 0.164. The Kier molecular flexibility index (Phi) is 4.10. The summed E-state index contributed by atoms with van der Waals surface area (Å²) in [5.41, 5.74) is 0.869. The molecule has 0 aliphatic heterocycles.